The third-order valence-electron chi connectivity index (χ3n) is 3.23. The van der Waals surface area contributed by atoms with Gasteiger partial charge in [-0.25, -0.2) is 0 Å². The minimum atomic E-state index is 0.208. The summed E-state index contributed by atoms with van der Waals surface area (Å²) in [6.45, 7) is 9.31. The standard InChI is InChI=1S/C13H15NOS2.C2H6/c1-8-7-14-12(15)10-5-3-4-6-11(10)17-9(2)13(14)16-8;1-2/h3-6,8-9,13H,7H2,1-2H3;1-2H3. The zero-order chi connectivity index (χ0) is 14.0. The van der Waals surface area contributed by atoms with Gasteiger partial charge in [-0.3, -0.25) is 4.79 Å². The summed E-state index contributed by atoms with van der Waals surface area (Å²) in [5.41, 5.74) is 0.876. The van der Waals surface area contributed by atoms with Crippen LogP contribution in [0, 0.1) is 0 Å². The van der Waals surface area contributed by atoms with Crippen LogP contribution in [0.15, 0.2) is 29.2 Å². The second-order valence-electron chi connectivity index (χ2n) is 4.61. The average Bonchev–Trinajstić information content (AvgIpc) is 2.79. The van der Waals surface area contributed by atoms with Crippen LogP contribution >= 0.6 is 23.5 Å². The van der Waals surface area contributed by atoms with Gasteiger partial charge in [-0.2, -0.15) is 0 Å². The monoisotopic (exact) mass is 295 g/mol. The fraction of sp³-hybridized carbons (Fsp3) is 0.533. The summed E-state index contributed by atoms with van der Waals surface area (Å²) < 4.78 is 0. The third kappa shape index (κ3) is 2.79. The lowest BCUT2D eigenvalue weighted by Gasteiger charge is -2.24. The van der Waals surface area contributed by atoms with Gasteiger partial charge < -0.3 is 4.90 Å². The molecule has 1 amide bonds. The molecule has 0 bridgehead atoms. The number of carbonyl (C=O) groups is 1. The minimum Gasteiger partial charge on any atom is -0.324 e. The zero-order valence-electron chi connectivity index (χ0n) is 11.9. The first-order valence-corrected chi connectivity index (χ1v) is 8.71. The number of fused-ring (bicyclic) bond motifs is 2. The number of amides is 1. The second kappa shape index (κ2) is 6.23. The average molecular weight is 295 g/mol. The molecule has 104 valence electrons. The fourth-order valence-corrected chi connectivity index (χ4v) is 5.19. The van der Waals surface area contributed by atoms with Crippen LogP contribution in [0.2, 0.25) is 0 Å². The Balaban J connectivity index is 0.000000637. The van der Waals surface area contributed by atoms with Crippen LogP contribution in [0.5, 0.6) is 0 Å². The van der Waals surface area contributed by atoms with Crippen LogP contribution in [-0.2, 0) is 0 Å². The van der Waals surface area contributed by atoms with Gasteiger partial charge >= 0.3 is 0 Å². The maximum Gasteiger partial charge on any atom is 0.255 e. The predicted molar refractivity (Wildman–Crippen MR) is 85.0 cm³/mol. The lowest BCUT2D eigenvalue weighted by atomic mass is 10.2. The molecule has 0 aliphatic carbocycles. The van der Waals surface area contributed by atoms with Gasteiger partial charge in [0.1, 0.15) is 0 Å². The van der Waals surface area contributed by atoms with Crippen LogP contribution in [0.4, 0.5) is 0 Å². The van der Waals surface area contributed by atoms with E-state index in [1.807, 2.05) is 55.6 Å². The van der Waals surface area contributed by atoms with Gasteiger partial charge in [-0.05, 0) is 12.1 Å². The van der Waals surface area contributed by atoms with E-state index in [0.29, 0.717) is 15.9 Å². The van der Waals surface area contributed by atoms with E-state index >= 15 is 0 Å². The molecule has 0 aromatic heterocycles. The number of benzene rings is 1. The Hall–Kier alpha value is -0.610. The topological polar surface area (TPSA) is 20.3 Å². The molecule has 1 fully saturated rings. The third-order valence-corrected chi connectivity index (χ3v) is 6.19. The van der Waals surface area contributed by atoms with Gasteiger partial charge in [-0.15, -0.1) is 23.5 Å². The Morgan fingerprint density at radius 1 is 1.21 bits per heavy atom. The van der Waals surface area contributed by atoms with Crippen LogP contribution in [0.3, 0.4) is 0 Å². The van der Waals surface area contributed by atoms with Crippen molar-refractivity contribution in [3.63, 3.8) is 0 Å². The predicted octanol–water partition coefficient (Wildman–Crippen LogP) is 4.11. The molecule has 2 heterocycles. The summed E-state index contributed by atoms with van der Waals surface area (Å²) in [5, 5.41) is 1.34. The molecule has 19 heavy (non-hydrogen) atoms. The number of carbonyl (C=O) groups excluding carboxylic acids is 1. The van der Waals surface area contributed by atoms with Crippen molar-refractivity contribution in [2.45, 2.75) is 48.5 Å². The van der Waals surface area contributed by atoms with Crippen molar-refractivity contribution in [2.75, 3.05) is 6.54 Å². The second-order valence-corrected chi connectivity index (χ2v) is 7.59. The van der Waals surface area contributed by atoms with Crippen molar-refractivity contribution in [1.82, 2.24) is 4.90 Å². The molecule has 1 aromatic carbocycles. The molecule has 0 radical (unpaired) electrons. The summed E-state index contributed by atoms with van der Waals surface area (Å²) in [6, 6.07) is 7.98. The number of hydrogen-bond acceptors (Lipinski definition) is 3. The summed E-state index contributed by atoms with van der Waals surface area (Å²) in [7, 11) is 0. The van der Waals surface area contributed by atoms with Crippen molar-refractivity contribution in [1.29, 1.82) is 0 Å². The fourth-order valence-electron chi connectivity index (χ4n) is 2.46. The Bertz CT molecular complexity index is 463. The molecule has 1 saturated heterocycles. The smallest absolute Gasteiger partial charge is 0.255 e. The normalized spacial score (nSPS) is 28.9. The molecular formula is C15H21NOS2. The van der Waals surface area contributed by atoms with Crippen LogP contribution in [0.1, 0.15) is 38.1 Å². The summed E-state index contributed by atoms with van der Waals surface area (Å²) in [5.74, 6) is 0.208. The Kier molecular flexibility index (Phi) is 4.85. The van der Waals surface area contributed by atoms with Crippen molar-refractivity contribution in [2.24, 2.45) is 0 Å². The van der Waals surface area contributed by atoms with E-state index in [0.717, 1.165) is 17.0 Å². The zero-order valence-corrected chi connectivity index (χ0v) is 13.6. The molecule has 3 atom stereocenters. The molecule has 2 aliphatic heterocycles. The maximum atomic E-state index is 12.5. The molecule has 3 unspecified atom stereocenters. The molecule has 3 rings (SSSR count). The first kappa shape index (κ1) is 14.8. The van der Waals surface area contributed by atoms with E-state index in [-0.39, 0.29) is 5.91 Å². The minimum absolute atomic E-state index is 0.208. The number of rotatable bonds is 0. The largest absolute Gasteiger partial charge is 0.324 e. The SMILES string of the molecule is CC.CC1CN2C(=O)c3ccccc3SC(C)C2S1. The highest BCUT2D eigenvalue weighted by Gasteiger charge is 2.40. The quantitative estimate of drug-likeness (QED) is 0.718. The summed E-state index contributed by atoms with van der Waals surface area (Å²) in [4.78, 5) is 15.7. The van der Waals surface area contributed by atoms with E-state index in [4.69, 9.17) is 0 Å². The van der Waals surface area contributed by atoms with E-state index in [1.54, 1.807) is 0 Å². The van der Waals surface area contributed by atoms with Gasteiger partial charge in [0.2, 0.25) is 0 Å². The molecule has 2 nitrogen and oxygen atoms in total. The molecule has 4 heteroatoms. The van der Waals surface area contributed by atoms with E-state index < -0.39 is 0 Å². The highest BCUT2D eigenvalue weighted by atomic mass is 32.2. The van der Waals surface area contributed by atoms with Crippen molar-refractivity contribution in [3.05, 3.63) is 29.8 Å². The van der Waals surface area contributed by atoms with Gasteiger partial charge in [0.15, 0.2) is 0 Å². The number of thioether (sulfide) groups is 2. The summed E-state index contributed by atoms with van der Waals surface area (Å²) >= 11 is 3.76. The van der Waals surface area contributed by atoms with Crippen LogP contribution in [-0.4, -0.2) is 33.2 Å². The van der Waals surface area contributed by atoms with Gasteiger partial charge in [0, 0.05) is 21.9 Å². The number of hydrogen-bond donors (Lipinski definition) is 0. The van der Waals surface area contributed by atoms with Gasteiger partial charge in [0.25, 0.3) is 5.91 Å². The van der Waals surface area contributed by atoms with E-state index in [1.165, 1.54) is 0 Å². The van der Waals surface area contributed by atoms with E-state index in [2.05, 4.69) is 24.8 Å². The van der Waals surface area contributed by atoms with Crippen molar-refractivity contribution in [3.8, 4) is 0 Å². The van der Waals surface area contributed by atoms with Gasteiger partial charge in [-0.1, -0.05) is 39.8 Å². The summed E-state index contributed by atoms with van der Waals surface area (Å²) in [6.07, 6.45) is 0. The molecule has 0 spiro atoms. The van der Waals surface area contributed by atoms with Gasteiger partial charge in [0.05, 0.1) is 10.9 Å². The molecule has 1 aromatic rings. The first-order chi connectivity index (χ1) is 9.16. The molecule has 0 saturated carbocycles. The Morgan fingerprint density at radius 2 is 1.89 bits per heavy atom. The number of nitrogens with zero attached hydrogens (tertiary/aromatic N) is 1. The van der Waals surface area contributed by atoms with Crippen LogP contribution < -0.4 is 0 Å². The van der Waals surface area contributed by atoms with Crippen LogP contribution in [0.25, 0.3) is 0 Å². The highest BCUT2D eigenvalue weighted by Crippen LogP contribution is 2.43. The molecular weight excluding hydrogens is 274 g/mol. The Labute approximate surface area is 124 Å². The van der Waals surface area contributed by atoms with E-state index in [9.17, 15) is 4.79 Å². The highest BCUT2D eigenvalue weighted by molar-refractivity contribution is 8.04. The molecule has 2 aliphatic rings. The lowest BCUT2D eigenvalue weighted by Crippen LogP contribution is -2.38. The molecule has 0 N–H and O–H groups in total. The first-order valence-electron chi connectivity index (χ1n) is 6.89. The van der Waals surface area contributed by atoms with Crippen molar-refractivity contribution >= 4 is 29.4 Å². The lowest BCUT2D eigenvalue weighted by molar-refractivity contribution is 0.0755. The Morgan fingerprint density at radius 3 is 2.63 bits per heavy atom. The maximum absolute atomic E-state index is 12.5. The van der Waals surface area contributed by atoms with Crippen molar-refractivity contribution < 1.29 is 4.79 Å².